The first kappa shape index (κ1) is 32.9. The van der Waals surface area contributed by atoms with E-state index >= 15 is 0 Å². The SMILES string of the molecule is CCCCC(=O)Oc1ccc(C[C@H](N)C(=O)O[C@@H](C)C(C)OC(=O)OC(C)(C)C)cc1OC(=O)CCCC. The molecule has 0 saturated heterocycles. The Kier molecular flexibility index (Phi) is 13.8. The van der Waals surface area contributed by atoms with Crippen molar-refractivity contribution in [3.8, 4) is 11.5 Å². The zero-order valence-electron chi connectivity index (χ0n) is 23.7. The Bertz CT molecular complexity index is 939. The Labute approximate surface area is 225 Å². The van der Waals surface area contributed by atoms with Gasteiger partial charge in [-0.3, -0.25) is 14.4 Å². The van der Waals surface area contributed by atoms with E-state index in [1.807, 2.05) is 13.8 Å². The number of nitrogens with two attached hydrogens (primary N) is 1. The minimum absolute atomic E-state index is 0.0659. The van der Waals surface area contributed by atoms with Crippen LogP contribution in [0, 0.1) is 0 Å². The van der Waals surface area contributed by atoms with Crippen molar-refractivity contribution in [3.05, 3.63) is 23.8 Å². The van der Waals surface area contributed by atoms with E-state index in [0.717, 1.165) is 12.8 Å². The van der Waals surface area contributed by atoms with Gasteiger partial charge in [-0.1, -0.05) is 32.8 Å². The van der Waals surface area contributed by atoms with Crippen LogP contribution in [0.5, 0.6) is 11.5 Å². The van der Waals surface area contributed by atoms with Gasteiger partial charge in [0.1, 0.15) is 23.9 Å². The van der Waals surface area contributed by atoms with E-state index in [1.54, 1.807) is 40.7 Å². The summed E-state index contributed by atoms with van der Waals surface area (Å²) in [5.41, 5.74) is 5.93. The number of unbranched alkanes of at least 4 members (excludes halogenated alkanes) is 2. The van der Waals surface area contributed by atoms with Crippen LogP contribution in [0.3, 0.4) is 0 Å². The Morgan fingerprint density at radius 1 is 0.842 bits per heavy atom. The van der Waals surface area contributed by atoms with Crippen LogP contribution < -0.4 is 15.2 Å². The summed E-state index contributed by atoms with van der Waals surface area (Å²) in [6.45, 7) is 12.2. The summed E-state index contributed by atoms with van der Waals surface area (Å²) in [6, 6.07) is 3.63. The average Bonchev–Trinajstić information content (AvgIpc) is 2.81. The summed E-state index contributed by atoms with van der Waals surface area (Å²) < 4.78 is 26.5. The smallest absolute Gasteiger partial charge is 0.458 e. The molecule has 0 fully saturated rings. The van der Waals surface area contributed by atoms with Gasteiger partial charge in [-0.25, -0.2) is 4.79 Å². The number of ether oxygens (including phenoxy) is 5. The molecule has 0 aliphatic carbocycles. The molecule has 0 radical (unpaired) electrons. The summed E-state index contributed by atoms with van der Waals surface area (Å²) >= 11 is 0. The molecule has 3 atom stereocenters. The average molecular weight is 538 g/mol. The predicted octanol–water partition coefficient (Wildman–Crippen LogP) is 5.02. The second-order valence-corrected chi connectivity index (χ2v) is 10.2. The molecule has 1 rings (SSSR count). The van der Waals surface area contributed by atoms with Gasteiger partial charge in [0.2, 0.25) is 0 Å². The van der Waals surface area contributed by atoms with Gasteiger partial charge in [0.05, 0.1) is 0 Å². The Morgan fingerprint density at radius 2 is 1.37 bits per heavy atom. The second kappa shape index (κ2) is 16.0. The van der Waals surface area contributed by atoms with Crippen LogP contribution in [0.25, 0.3) is 0 Å². The number of carbonyl (C=O) groups excluding carboxylic acids is 4. The summed E-state index contributed by atoms with van der Waals surface area (Å²) in [6.07, 6.45) is 1.12. The van der Waals surface area contributed by atoms with Crippen molar-refractivity contribution in [3.63, 3.8) is 0 Å². The maximum Gasteiger partial charge on any atom is 0.509 e. The van der Waals surface area contributed by atoms with Crippen LogP contribution in [0.4, 0.5) is 4.79 Å². The maximum absolute atomic E-state index is 12.6. The predicted molar refractivity (Wildman–Crippen MR) is 141 cm³/mol. The van der Waals surface area contributed by atoms with E-state index in [0.29, 0.717) is 18.4 Å². The molecule has 0 spiro atoms. The largest absolute Gasteiger partial charge is 0.509 e. The van der Waals surface area contributed by atoms with Crippen LogP contribution >= 0.6 is 0 Å². The first-order valence-electron chi connectivity index (χ1n) is 13.2. The van der Waals surface area contributed by atoms with Gasteiger partial charge in [-0.05, 0) is 71.6 Å². The molecule has 0 heterocycles. The lowest BCUT2D eigenvalue weighted by atomic mass is 10.1. The normalized spacial score (nSPS) is 13.6. The van der Waals surface area contributed by atoms with Gasteiger partial charge in [0.15, 0.2) is 11.5 Å². The molecule has 0 saturated carbocycles. The molecule has 0 amide bonds. The van der Waals surface area contributed by atoms with Crippen molar-refractivity contribution in [2.75, 3.05) is 0 Å². The first-order chi connectivity index (χ1) is 17.7. The zero-order chi connectivity index (χ0) is 28.9. The maximum atomic E-state index is 12.6. The van der Waals surface area contributed by atoms with E-state index in [2.05, 4.69) is 0 Å². The lowest BCUT2D eigenvalue weighted by Gasteiger charge is -2.24. The quantitative estimate of drug-likeness (QED) is 0.254. The van der Waals surface area contributed by atoms with Crippen LogP contribution in [0.1, 0.15) is 92.6 Å². The van der Waals surface area contributed by atoms with E-state index in [-0.39, 0.29) is 30.8 Å². The number of hydrogen-bond acceptors (Lipinski definition) is 10. The third kappa shape index (κ3) is 12.9. The standard InChI is InChI=1S/C28H43NO9/c1-8-10-12-24(30)36-22-15-14-20(17-23(22)37-25(31)13-11-9-2)16-21(29)26(32)34-18(3)19(4)35-27(33)38-28(5,6)7/h14-15,17-19,21H,8-13,16,29H2,1-7H3/t18-,19?,21-/m0/s1. The summed E-state index contributed by atoms with van der Waals surface area (Å²) in [5, 5.41) is 0. The molecule has 0 bridgehead atoms. The third-order valence-corrected chi connectivity index (χ3v) is 5.32. The lowest BCUT2D eigenvalue weighted by molar-refractivity contribution is -0.156. The van der Waals surface area contributed by atoms with E-state index < -0.39 is 47.9 Å². The van der Waals surface area contributed by atoms with Crippen LogP contribution in [-0.2, 0) is 35.0 Å². The highest BCUT2D eigenvalue weighted by atomic mass is 16.7. The van der Waals surface area contributed by atoms with Gasteiger partial charge >= 0.3 is 24.1 Å². The van der Waals surface area contributed by atoms with Crippen molar-refractivity contribution in [1.29, 1.82) is 0 Å². The molecule has 1 aromatic carbocycles. The molecule has 38 heavy (non-hydrogen) atoms. The second-order valence-electron chi connectivity index (χ2n) is 10.2. The fourth-order valence-electron chi connectivity index (χ4n) is 3.06. The van der Waals surface area contributed by atoms with Crippen molar-refractivity contribution in [2.45, 2.75) is 117 Å². The fourth-order valence-corrected chi connectivity index (χ4v) is 3.06. The van der Waals surface area contributed by atoms with Crippen molar-refractivity contribution < 1.29 is 42.9 Å². The summed E-state index contributed by atoms with van der Waals surface area (Å²) in [4.78, 5) is 48.9. The molecule has 214 valence electrons. The molecule has 1 aromatic rings. The molecule has 0 aliphatic heterocycles. The zero-order valence-corrected chi connectivity index (χ0v) is 23.7. The lowest BCUT2D eigenvalue weighted by Crippen LogP contribution is -2.40. The van der Waals surface area contributed by atoms with Crippen LogP contribution in [0.2, 0.25) is 0 Å². The Balaban J connectivity index is 2.87. The molecule has 2 N–H and O–H groups in total. The van der Waals surface area contributed by atoms with Gasteiger partial charge in [0.25, 0.3) is 0 Å². The molecule has 1 unspecified atom stereocenters. The van der Waals surface area contributed by atoms with Gasteiger partial charge in [-0.15, -0.1) is 0 Å². The van der Waals surface area contributed by atoms with Crippen molar-refractivity contribution in [1.82, 2.24) is 0 Å². The number of esters is 3. The highest BCUT2D eigenvalue weighted by Gasteiger charge is 2.27. The molecule has 10 nitrogen and oxygen atoms in total. The molecular formula is C28H43NO9. The van der Waals surface area contributed by atoms with Gasteiger partial charge < -0.3 is 29.4 Å². The van der Waals surface area contributed by atoms with Crippen LogP contribution in [0.15, 0.2) is 18.2 Å². The number of carbonyl (C=O) groups is 4. The van der Waals surface area contributed by atoms with Gasteiger partial charge in [-0.2, -0.15) is 0 Å². The van der Waals surface area contributed by atoms with Crippen molar-refractivity contribution in [2.24, 2.45) is 5.73 Å². The minimum Gasteiger partial charge on any atom is -0.458 e. The highest BCUT2D eigenvalue weighted by molar-refractivity contribution is 5.77. The Morgan fingerprint density at radius 3 is 1.89 bits per heavy atom. The van der Waals surface area contributed by atoms with E-state index in [4.69, 9.17) is 29.4 Å². The molecule has 10 heteroatoms. The van der Waals surface area contributed by atoms with Crippen LogP contribution in [-0.4, -0.2) is 47.9 Å². The minimum atomic E-state index is -1.05. The molecule has 0 aliphatic rings. The monoisotopic (exact) mass is 537 g/mol. The summed E-state index contributed by atoms with van der Waals surface area (Å²) in [5.74, 6) is -1.37. The Hall–Kier alpha value is -3.14. The van der Waals surface area contributed by atoms with E-state index in [9.17, 15) is 19.2 Å². The number of rotatable bonds is 14. The number of hydrogen-bond donors (Lipinski definition) is 1. The highest BCUT2D eigenvalue weighted by Crippen LogP contribution is 2.30. The first-order valence-corrected chi connectivity index (χ1v) is 13.2. The van der Waals surface area contributed by atoms with E-state index in [1.165, 1.54) is 12.1 Å². The topological polar surface area (TPSA) is 140 Å². The summed E-state index contributed by atoms with van der Waals surface area (Å²) in [7, 11) is 0. The molecule has 0 aromatic heterocycles. The number of benzene rings is 1. The van der Waals surface area contributed by atoms with Crippen molar-refractivity contribution >= 4 is 24.1 Å². The third-order valence-electron chi connectivity index (χ3n) is 5.32. The molecular weight excluding hydrogens is 494 g/mol. The fraction of sp³-hybridized carbons (Fsp3) is 0.643. The van der Waals surface area contributed by atoms with Gasteiger partial charge in [0, 0.05) is 12.8 Å².